The molecule has 14 heavy (non-hydrogen) atoms. The van der Waals surface area contributed by atoms with Crippen LogP contribution in [0.4, 0.5) is 0 Å². The predicted molar refractivity (Wildman–Crippen MR) is 56.6 cm³/mol. The van der Waals surface area contributed by atoms with E-state index in [9.17, 15) is 0 Å². The number of hydrogen-bond donors (Lipinski definition) is 2. The first-order valence-corrected chi connectivity index (χ1v) is 5.02. The van der Waals surface area contributed by atoms with Crippen LogP contribution in [0.5, 0.6) is 0 Å². The SMILES string of the molecule is CON(C)C(N)=N[C@@H]1CCCC[C@@H]1N. The van der Waals surface area contributed by atoms with Crippen LogP contribution in [0.1, 0.15) is 25.7 Å². The van der Waals surface area contributed by atoms with Crippen molar-refractivity contribution in [3.8, 4) is 0 Å². The highest BCUT2D eigenvalue weighted by Gasteiger charge is 2.21. The first-order valence-electron chi connectivity index (χ1n) is 5.02. The summed E-state index contributed by atoms with van der Waals surface area (Å²) in [5.41, 5.74) is 11.7. The summed E-state index contributed by atoms with van der Waals surface area (Å²) in [5.74, 6) is 0.398. The van der Waals surface area contributed by atoms with E-state index in [1.165, 1.54) is 17.9 Å². The molecule has 0 amide bonds. The number of hydroxylamine groups is 2. The Morgan fingerprint density at radius 2 is 2.07 bits per heavy atom. The van der Waals surface area contributed by atoms with Crippen molar-refractivity contribution < 1.29 is 4.84 Å². The largest absolute Gasteiger partial charge is 0.368 e. The number of nitrogens with two attached hydrogens (primary N) is 2. The molecule has 0 aromatic rings. The molecule has 0 unspecified atom stereocenters. The van der Waals surface area contributed by atoms with Crippen LogP contribution in [-0.4, -0.2) is 37.3 Å². The first-order chi connectivity index (χ1) is 6.65. The van der Waals surface area contributed by atoms with Gasteiger partial charge < -0.3 is 11.5 Å². The lowest BCUT2D eigenvalue weighted by molar-refractivity contribution is -0.0435. The summed E-state index contributed by atoms with van der Waals surface area (Å²) >= 11 is 0. The minimum Gasteiger partial charge on any atom is -0.368 e. The van der Waals surface area contributed by atoms with Crippen LogP contribution in [0, 0.1) is 0 Å². The molecule has 5 nitrogen and oxygen atoms in total. The minimum absolute atomic E-state index is 0.146. The van der Waals surface area contributed by atoms with Gasteiger partial charge in [0.25, 0.3) is 0 Å². The van der Waals surface area contributed by atoms with Crippen molar-refractivity contribution in [2.75, 3.05) is 14.2 Å². The Morgan fingerprint density at radius 3 is 2.64 bits per heavy atom. The number of hydrogen-bond acceptors (Lipinski definition) is 3. The molecule has 5 heteroatoms. The Hall–Kier alpha value is -0.810. The Kier molecular flexibility index (Phi) is 4.16. The van der Waals surface area contributed by atoms with Crippen LogP contribution in [0.15, 0.2) is 4.99 Å². The van der Waals surface area contributed by atoms with Gasteiger partial charge in [-0.1, -0.05) is 12.8 Å². The molecular weight excluding hydrogens is 180 g/mol. The molecule has 1 aliphatic carbocycles. The molecular formula is C9H20N4O. The fourth-order valence-electron chi connectivity index (χ4n) is 1.64. The van der Waals surface area contributed by atoms with E-state index < -0.39 is 0 Å². The lowest BCUT2D eigenvalue weighted by atomic mass is 9.91. The summed E-state index contributed by atoms with van der Waals surface area (Å²) in [7, 11) is 3.29. The van der Waals surface area contributed by atoms with Gasteiger partial charge >= 0.3 is 0 Å². The normalized spacial score (nSPS) is 28.9. The highest BCUT2D eigenvalue weighted by Crippen LogP contribution is 2.19. The monoisotopic (exact) mass is 200 g/mol. The van der Waals surface area contributed by atoms with E-state index in [2.05, 4.69) is 4.99 Å². The third-order valence-electron chi connectivity index (χ3n) is 2.68. The zero-order valence-corrected chi connectivity index (χ0v) is 8.94. The fourth-order valence-corrected chi connectivity index (χ4v) is 1.64. The first kappa shape index (κ1) is 11.3. The number of guanidine groups is 1. The van der Waals surface area contributed by atoms with Gasteiger partial charge in [0.15, 0.2) is 0 Å². The van der Waals surface area contributed by atoms with Gasteiger partial charge in [-0.2, -0.15) is 0 Å². The van der Waals surface area contributed by atoms with Crippen LogP contribution in [-0.2, 0) is 4.84 Å². The quantitative estimate of drug-likeness (QED) is 0.375. The third-order valence-corrected chi connectivity index (χ3v) is 2.68. The van der Waals surface area contributed by atoms with E-state index in [4.69, 9.17) is 16.3 Å². The van der Waals surface area contributed by atoms with Crippen molar-refractivity contribution in [1.82, 2.24) is 5.06 Å². The number of rotatable bonds is 2. The lowest BCUT2D eigenvalue weighted by Gasteiger charge is -2.26. The molecule has 0 saturated heterocycles. The Labute approximate surface area is 85.1 Å². The Balaban J connectivity index is 2.55. The molecule has 1 rings (SSSR count). The molecule has 0 aromatic heterocycles. The fraction of sp³-hybridized carbons (Fsp3) is 0.889. The number of nitrogens with zero attached hydrogens (tertiary/aromatic N) is 2. The van der Waals surface area contributed by atoms with Crippen LogP contribution in [0.25, 0.3) is 0 Å². The zero-order valence-electron chi connectivity index (χ0n) is 8.94. The summed E-state index contributed by atoms with van der Waals surface area (Å²) < 4.78 is 0. The van der Waals surface area contributed by atoms with E-state index in [1.54, 1.807) is 14.2 Å². The summed E-state index contributed by atoms with van der Waals surface area (Å²) in [4.78, 5) is 9.28. The standard InChI is InChI=1S/C9H20N4O/c1-13(14-2)9(11)12-8-6-4-3-5-7(8)10/h7-8H,3-6,10H2,1-2H3,(H2,11,12)/t7-,8+/m0/s1. The maximum Gasteiger partial charge on any atom is 0.215 e. The number of aliphatic imine (C=N–C) groups is 1. The van der Waals surface area contributed by atoms with Gasteiger partial charge in [0.1, 0.15) is 0 Å². The average molecular weight is 200 g/mol. The van der Waals surface area contributed by atoms with E-state index in [0.717, 1.165) is 12.8 Å². The zero-order chi connectivity index (χ0) is 10.6. The van der Waals surface area contributed by atoms with Crippen LogP contribution < -0.4 is 11.5 Å². The predicted octanol–water partition coefficient (Wildman–Crippen LogP) is 0.0642. The summed E-state index contributed by atoms with van der Waals surface area (Å²) in [6, 6.07) is 0.300. The highest BCUT2D eigenvalue weighted by molar-refractivity contribution is 5.76. The molecule has 1 aliphatic rings. The van der Waals surface area contributed by atoms with E-state index in [1.807, 2.05) is 0 Å². The topological polar surface area (TPSA) is 76.9 Å². The maximum atomic E-state index is 5.95. The molecule has 1 fully saturated rings. The average Bonchev–Trinajstić information content (AvgIpc) is 2.20. The summed E-state index contributed by atoms with van der Waals surface area (Å²) in [6.07, 6.45) is 4.45. The van der Waals surface area contributed by atoms with Gasteiger partial charge in [0, 0.05) is 13.1 Å². The highest BCUT2D eigenvalue weighted by atomic mass is 16.7. The molecule has 0 bridgehead atoms. The van der Waals surface area contributed by atoms with Gasteiger partial charge in [0.2, 0.25) is 5.96 Å². The molecule has 2 atom stereocenters. The molecule has 0 radical (unpaired) electrons. The van der Waals surface area contributed by atoms with Gasteiger partial charge in [0.05, 0.1) is 13.2 Å². The van der Waals surface area contributed by atoms with E-state index in [0.29, 0.717) is 5.96 Å². The molecule has 82 valence electrons. The van der Waals surface area contributed by atoms with Crippen molar-refractivity contribution in [2.45, 2.75) is 37.8 Å². The van der Waals surface area contributed by atoms with Crippen molar-refractivity contribution in [3.05, 3.63) is 0 Å². The second-order valence-corrected chi connectivity index (χ2v) is 3.68. The Morgan fingerprint density at radius 1 is 1.43 bits per heavy atom. The lowest BCUT2D eigenvalue weighted by Crippen LogP contribution is -2.40. The maximum absolute atomic E-state index is 5.95. The molecule has 0 heterocycles. The van der Waals surface area contributed by atoms with Gasteiger partial charge in [-0.15, -0.1) is 0 Å². The molecule has 0 aliphatic heterocycles. The van der Waals surface area contributed by atoms with Crippen LogP contribution >= 0.6 is 0 Å². The summed E-state index contributed by atoms with van der Waals surface area (Å²) in [5, 5.41) is 1.45. The second-order valence-electron chi connectivity index (χ2n) is 3.68. The van der Waals surface area contributed by atoms with Gasteiger partial charge in [-0.25, -0.2) is 10.1 Å². The van der Waals surface area contributed by atoms with Gasteiger partial charge in [-0.3, -0.25) is 4.84 Å². The van der Waals surface area contributed by atoms with E-state index in [-0.39, 0.29) is 12.1 Å². The van der Waals surface area contributed by atoms with Crippen molar-refractivity contribution in [1.29, 1.82) is 0 Å². The smallest absolute Gasteiger partial charge is 0.215 e. The minimum atomic E-state index is 0.146. The van der Waals surface area contributed by atoms with Crippen LogP contribution in [0.2, 0.25) is 0 Å². The molecule has 0 spiro atoms. The molecule has 4 N–H and O–H groups in total. The third kappa shape index (κ3) is 2.85. The van der Waals surface area contributed by atoms with Crippen LogP contribution in [0.3, 0.4) is 0 Å². The molecule has 1 saturated carbocycles. The Bertz CT molecular complexity index is 207. The van der Waals surface area contributed by atoms with Gasteiger partial charge in [-0.05, 0) is 12.8 Å². The summed E-state index contributed by atoms with van der Waals surface area (Å²) in [6.45, 7) is 0. The molecule has 0 aromatic carbocycles. The van der Waals surface area contributed by atoms with E-state index >= 15 is 0 Å². The van der Waals surface area contributed by atoms with Crippen molar-refractivity contribution >= 4 is 5.96 Å². The second kappa shape index (κ2) is 5.17. The van der Waals surface area contributed by atoms with Crippen molar-refractivity contribution in [3.63, 3.8) is 0 Å². The van der Waals surface area contributed by atoms with Crippen molar-refractivity contribution in [2.24, 2.45) is 16.5 Å².